The minimum atomic E-state index is -4.80. The number of carbonyl (C=O) groups excluding carboxylic acids is 2. The normalized spacial score (nSPS) is 12.0. The monoisotopic (exact) mass is 397 g/mol. The Labute approximate surface area is 159 Å². The Bertz CT molecular complexity index is 778. The van der Waals surface area contributed by atoms with E-state index in [-0.39, 0.29) is 5.69 Å². The van der Waals surface area contributed by atoms with Gasteiger partial charge in [-0.15, -0.1) is 13.2 Å². The van der Waals surface area contributed by atoms with E-state index in [4.69, 9.17) is 9.47 Å². The van der Waals surface area contributed by atoms with Crippen molar-refractivity contribution in [3.63, 3.8) is 0 Å². The molecule has 2 aromatic rings. The molecule has 1 atom stereocenters. The number of amides is 1. The molecule has 28 heavy (non-hydrogen) atoms. The fraction of sp³-hybridized carbons (Fsp3) is 0.263. The summed E-state index contributed by atoms with van der Waals surface area (Å²) in [5.74, 6) is -1.26. The van der Waals surface area contributed by atoms with E-state index in [1.54, 1.807) is 37.3 Å². The van der Waals surface area contributed by atoms with Gasteiger partial charge >= 0.3 is 12.3 Å². The molecule has 0 aliphatic heterocycles. The van der Waals surface area contributed by atoms with Crippen LogP contribution in [0.2, 0.25) is 0 Å². The maximum absolute atomic E-state index is 12.1. The molecule has 0 radical (unpaired) electrons. The molecule has 150 valence electrons. The molecule has 0 aliphatic carbocycles. The van der Waals surface area contributed by atoms with Gasteiger partial charge in [0.1, 0.15) is 11.5 Å². The van der Waals surface area contributed by atoms with Gasteiger partial charge in [-0.3, -0.25) is 4.79 Å². The highest BCUT2D eigenvalue weighted by molar-refractivity contribution is 5.93. The van der Waals surface area contributed by atoms with Gasteiger partial charge in [0.15, 0.2) is 12.7 Å². The summed E-state index contributed by atoms with van der Waals surface area (Å²) >= 11 is 0. The maximum Gasteiger partial charge on any atom is 0.573 e. The Morgan fingerprint density at radius 3 is 2.21 bits per heavy atom. The van der Waals surface area contributed by atoms with Gasteiger partial charge in [0.2, 0.25) is 0 Å². The molecule has 0 spiro atoms. The second-order valence-corrected chi connectivity index (χ2v) is 5.56. The summed E-state index contributed by atoms with van der Waals surface area (Å²) in [6.07, 6.45) is -5.32. The molecule has 2 aromatic carbocycles. The van der Waals surface area contributed by atoms with Crippen LogP contribution >= 0.6 is 0 Å². The van der Waals surface area contributed by atoms with Crippen LogP contribution in [-0.2, 0) is 14.3 Å². The smallest absolute Gasteiger partial charge is 0.479 e. The van der Waals surface area contributed by atoms with Crippen molar-refractivity contribution >= 4 is 17.6 Å². The van der Waals surface area contributed by atoms with Crippen LogP contribution in [0.15, 0.2) is 54.6 Å². The van der Waals surface area contributed by atoms with E-state index >= 15 is 0 Å². The molecule has 1 N–H and O–H groups in total. The summed E-state index contributed by atoms with van der Waals surface area (Å²) in [6, 6.07) is 13.3. The third-order valence-corrected chi connectivity index (χ3v) is 3.37. The van der Waals surface area contributed by atoms with Gasteiger partial charge in [0.05, 0.1) is 0 Å². The van der Waals surface area contributed by atoms with Crippen LogP contribution in [0.5, 0.6) is 11.5 Å². The quantitative estimate of drug-likeness (QED) is 0.684. The summed E-state index contributed by atoms with van der Waals surface area (Å²) in [7, 11) is 0. The van der Waals surface area contributed by atoms with Crippen molar-refractivity contribution in [2.45, 2.75) is 25.8 Å². The maximum atomic E-state index is 12.1. The number of rotatable bonds is 8. The largest absolute Gasteiger partial charge is 0.573 e. The first-order valence-electron chi connectivity index (χ1n) is 8.31. The van der Waals surface area contributed by atoms with E-state index in [1.807, 2.05) is 0 Å². The summed E-state index contributed by atoms with van der Waals surface area (Å²) < 4.78 is 50.5. The molecule has 6 nitrogen and oxygen atoms in total. The van der Waals surface area contributed by atoms with Crippen molar-refractivity contribution in [3.8, 4) is 11.5 Å². The van der Waals surface area contributed by atoms with Gasteiger partial charge in [-0.2, -0.15) is 0 Å². The minimum Gasteiger partial charge on any atom is -0.479 e. The van der Waals surface area contributed by atoms with Crippen molar-refractivity contribution < 1.29 is 37.0 Å². The van der Waals surface area contributed by atoms with Gasteiger partial charge in [-0.1, -0.05) is 25.1 Å². The van der Waals surface area contributed by atoms with E-state index in [9.17, 15) is 22.8 Å². The number of hydrogen-bond donors (Lipinski definition) is 1. The van der Waals surface area contributed by atoms with Gasteiger partial charge in [-0.25, -0.2) is 4.79 Å². The molecule has 0 bridgehead atoms. The highest BCUT2D eigenvalue weighted by Crippen LogP contribution is 2.23. The topological polar surface area (TPSA) is 73.9 Å². The number of ether oxygens (including phenoxy) is 3. The third-order valence-electron chi connectivity index (χ3n) is 3.37. The second-order valence-electron chi connectivity index (χ2n) is 5.56. The second kappa shape index (κ2) is 9.63. The minimum absolute atomic E-state index is 0.225. The van der Waals surface area contributed by atoms with Crippen molar-refractivity contribution in [1.29, 1.82) is 0 Å². The Morgan fingerprint density at radius 2 is 1.64 bits per heavy atom. The van der Waals surface area contributed by atoms with Crippen LogP contribution in [-0.4, -0.2) is 30.9 Å². The van der Waals surface area contributed by atoms with Gasteiger partial charge in [-0.05, 0) is 42.8 Å². The van der Waals surface area contributed by atoms with Gasteiger partial charge in [0, 0.05) is 5.69 Å². The average Bonchev–Trinajstić information content (AvgIpc) is 2.65. The van der Waals surface area contributed by atoms with Crippen molar-refractivity contribution in [3.05, 3.63) is 54.6 Å². The summed E-state index contributed by atoms with van der Waals surface area (Å²) in [4.78, 5) is 23.9. The fourth-order valence-corrected chi connectivity index (χ4v) is 2.13. The summed E-state index contributed by atoms with van der Waals surface area (Å²) in [5, 5.41) is 2.40. The molecule has 2 rings (SSSR count). The molecule has 0 heterocycles. The predicted octanol–water partition coefficient (Wildman–Crippen LogP) is 3.92. The van der Waals surface area contributed by atoms with Gasteiger partial charge in [0.25, 0.3) is 5.91 Å². The number of benzene rings is 2. The average molecular weight is 397 g/mol. The molecule has 0 saturated heterocycles. The van der Waals surface area contributed by atoms with E-state index in [0.717, 1.165) is 12.1 Å². The molecule has 0 fully saturated rings. The van der Waals surface area contributed by atoms with Crippen molar-refractivity contribution in [2.75, 3.05) is 11.9 Å². The van der Waals surface area contributed by atoms with Crippen LogP contribution in [0.4, 0.5) is 18.9 Å². The van der Waals surface area contributed by atoms with Crippen LogP contribution in [0.25, 0.3) is 0 Å². The third kappa shape index (κ3) is 7.18. The van der Waals surface area contributed by atoms with Gasteiger partial charge < -0.3 is 19.5 Å². The molecule has 0 aliphatic rings. The molecule has 0 unspecified atom stereocenters. The number of alkyl halides is 3. The lowest BCUT2D eigenvalue weighted by atomic mass is 10.2. The van der Waals surface area contributed by atoms with E-state index in [2.05, 4.69) is 10.1 Å². The molecule has 9 heteroatoms. The number of nitrogens with one attached hydrogen (secondary N) is 1. The van der Waals surface area contributed by atoms with Crippen LogP contribution in [0.3, 0.4) is 0 Å². The lowest BCUT2D eigenvalue weighted by Gasteiger charge is -2.16. The van der Waals surface area contributed by atoms with E-state index in [1.165, 1.54) is 12.1 Å². The molecule has 1 amide bonds. The van der Waals surface area contributed by atoms with Crippen LogP contribution in [0, 0.1) is 0 Å². The summed E-state index contributed by atoms with van der Waals surface area (Å²) in [6.45, 7) is 1.17. The number of halogens is 3. The first-order valence-corrected chi connectivity index (χ1v) is 8.31. The van der Waals surface area contributed by atoms with E-state index < -0.39 is 36.7 Å². The Hall–Kier alpha value is -3.23. The van der Waals surface area contributed by atoms with E-state index in [0.29, 0.717) is 12.2 Å². The Morgan fingerprint density at radius 1 is 1.00 bits per heavy atom. The number of anilines is 1. The predicted molar refractivity (Wildman–Crippen MR) is 93.9 cm³/mol. The Kier molecular flexibility index (Phi) is 7.25. The highest BCUT2D eigenvalue weighted by Gasteiger charge is 2.31. The number of hydrogen-bond acceptors (Lipinski definition) is 5. The lowest BCUT2D eigenvalue weighted by molar-refractivity contribution is -0.274. The van der Waals surface area contributed by atoms with Crippen molar-refractivity contribution in [1.82, 2.24) is 0 Å². The lowest BCUT2D eigenvalue weighted by Crippen LogP contribution is -2.31. The fourth-order valence-electron chi connectivity index (χ4n) is 2.13. The highest BCUT2D eigenvalue weighted by atomic mass is 19.4. The van der Waals surface area contributed by atoms with Crippen molar-refractivity contribution in [2.24, 2.45) is 0 Å². The zero-order valence-corrected chi connectivity index (χ0v) is 14.9. The number of carbonyl (C=O) groups is 2. The first kappa shape index (κ1) is 21.1. The standard InChI is InChI=1S/C19H18F3NO5/c1-2-16(27-14-6-4-3-5-7-14)18(25)26-12-17(24)23-13-8-10-15(11-9-13)28-19(20,21)22/h3-11,16H,2,12H2,1H3,(H,23,24)/t16-/m1/s1. The molecule has 0 aromatic heterocycles. The van der Waals surface area contributed by atoms with Crippen LogP contribution in [0.1, 0.15) is 13.3 Å². The number of esters is 1. The molecular formula is C19H18F3NO5. The molecule has 0 saturated carbocycles. The summed E-state index contributed by atoms with van der Waals surface area (Å²) in [5.41, 5.74) is 0.225. The molecular weight excluding hydrogens is 379 g/mol. The number of para-hydroxylation sites is 1. The first-order chi connectivity index (χ1) is 13.3. The zero-order valence-electron chi connectivity index (χ0n) is 14.9. The zero-order chi connectivity index (χ0) is 20.6. The SMILES string of the molecule is CC[C@@H](Oc1ccccc1)C(=O)OCC(=O)Nc1ccc(OC(F)(F)F)cc1. The Balaban J connectivity index is 1.81. The van der Waals surface area contributed by atoms with Crippen LogP contribution < -0.4 is 14.8 Å².